The van der Waals surface area contributed by atoms with Gasteiger partial charge in [-0.25, -0.2) is 9.79 Å². The number of fused-ring (bicyclic) bond motifs is 1. The lowest BCUT2D eigenvalue weighted by molar-refractivity contribution is 0.0696. The van der Waals surface area contributed by atoms with Crippen LogP contribution in [0, 0.1) is 0 Å². The summed E-state index contributed by atoms with van der Waals surface area (Å²) < 4.78 is 22.0. The van der Waals surface area contributed by atoms with Gasteiger partial charge in [-0.2, -0.15) is 0 Å². The second-order valence-corrected chi connectivity index (χ2v) is 7.33. The molecule has 0 fully saturated rings. The van der Waals surface area contributed by atoms with E-state index in [0.29, 0.717) is 39.6 Å². The van der Waals surface area contributed by atoms with Crippen LogP contribution in [0.1, 0.15) is 20.7 Å². The summed E-state index contributed by atoms with van der Waals surface area (Å²) in [5.74, 6) is -0.0502. The number of nitrogens with one attached hydrogen (secondary N) is 1. The van der Waals surface area contributed by atoms with Gasteiger partial charge in [0.2, 0.25) is 5.55 Å². The average molecular weight is 474 g/mol. The van der Waals surface area contributed by atoms with E-state index >= 15 is 0 Å². The molecule has 4 aromatic rings. The van der Waals surface area contributed by atoms with E-state index in [0.717, 1.165) is 0 Å². The number of carboxylic acids is 1. The molecule has 1 amide bonds. The van der Waals surface area contributed by atoms with Crippen molar-refractivity contribution < 1.29 is 33.3 Å². The molecule has 0 aliphatic rings. The van der Waals surface area contributed by atoms with Gasteiger partial charge >= 0.3 is 5.97 Å². The van der Waals surface area contributed by atoms with Crippen LogP contribution < -0.4 is 25.1 Å². The zero-order chi connectivity index (χ0) is 24.9. The van der Waals surface area contributed by atoms with Crippen molar-refractivity contribution in [3.63, 3.8) is 0 Å². The first kappa shape index (κ1) is 23.4. The van der Waals surface area contributed by atoms with Crippen molar-refractivity contribution in [3.05, 3.63) is 83.4 Å². The Morgan fingerprint density at radius 2 is 1.57 bits per heavy atom. The number of carboxylic acid groups (broad SMARTS) is 1. The van der Waals surface area contributed by atoms with E-state index in [9.17, 15) is 9.59 Å². The largest absolute Gasteiger partial charge is 0.493 e. The summed E-state index contributed by atoms with van der Waals surface area (Å²) in [6.45, 7) is 0. The van der Waals surface area contributed by atoms with Crippen LogP contribution in [0.15, 0.2) is 76.1 Å². The minimum Gasteiger partial charge on any atom is -0.493 e. The van der Waals surface area contributed by atoms with Crippen molar-refractivity contribution in [3.8, 4) is 17.2 Å². The normalized spacial score (nSPS) is 11.2. The van der Waals surface area contributed by atoms with Gasteiger partial charge in [0.1, 0.15) is 5.56 Å². The third-order valence-corrected chi connectivity index (χ3v) is 5.19. The number of ether oxygens (including phenoxy) is 3. The summed E-state index contributed by atoms with van der Waals surface area (Å²) in [6.07, 6.45) is 0. The van der Waals surface area contributed by atoms with Crippen molar-refractivity contribution >= 4 is 34.2 Å². The highest BCUT2D eigenvalue weighted by Gasteiger charge is 2.16. The summed E-state index contributed by atoms with van der Waals surface area (Å²) in [5.41, 5.74) is 1.63. The Morgan fingerprint density at radius 3 is 2.23 bits per heavy atom. The second kappa shape index (κ2) is 10.0. The molecule has 0 radical (unpaired) electrons. The molecular formula is C26H22N2O7. The van der Waals surface area contributed by atoms with Crippen LogP contribution in [0.5, 0.6) is 17.2 Å². The summed E-state index contributed by atoms with van der Waals surface area (Å²) in [7, 11) is 4.55. The molecule has 0 spiro atoms. The number of amides is 1. The molecular weight excluding hydrogens is 452 g/mol. The zero-order valence-electron chi connectivity index (χ0n) is 19.2. The molecule has 9 nitrogen and oxygen atoms in total. The third kappa shape index (κ3) is 4.93. The van der Waals surface area contributed by atoms with Gasteiger partial charge in [-0.1, -0.05) is 12.1 Å². The number of hydrogen-bond acceptors (Lipinski definition) is 7. The molecule has 1 aromatic heterocycles. The maximum absolute atomic E-state index is 13.3. The number of methoxy groups -OCH3 is 3. The average Bonchev–Trinajstić information content (AvgIpc) is 2.88. The summed E-state index contributed by atoms with van der Waals surface area (Å²) in [6, 6.07) is 17.9. The number of anilines is 1. The fraction of sp³-hybridized carbons (Fsp3) is 0.115. The molecule has 0 bridgehead atoms. The maximum Gasteiger partial charge on any atom is 0.335 e. The number of nitrogens with zero attached hydrogens (tertiary/aromatic N) is 1. The van der Waals surface area contributed by atoms with Gasteiger partial charge in [-0.05, 0) is 48.5 Å². The molecule has 2 N–H and O–H groups in total. The molecule has 178 valence electrons. The minimum absolute atomic E-state index is 0.0306. The van der Waals surface area contributed by atoms with Gasteiger partial charge in [-0.15, -0.1) is 0 Å². The molecule has 0 aliphatic heterocycles. The van der Waals surface area contributed by atoms with Crippen LogP contribution in [0.2, 0.25) is 0 Å². The number of benzene rings is 3. The standard InChI is InChI=1S/C26H22N2O7/c1-32-20-12-11-18(14-22(20)34-3)27-24(29)19-13-16-5-4-6-21(33-2)23(16)35-25(19)28-17-9-7-15(8-10-17)26(30)31/h4-14H,1-3H3,(H,27,29)(H,30,31). The quantitative estimate of drug-likeness (QED) is 0.400. The summed E-state index contributed by atoms with van der Waals surface area (Å²) >= 11 is 0. The van der Waals surface area contributed by atoms with Crippen molar-refractivity contribution in [2.24, 2.45) is 4.99 Å². The Balaban J connectivity index is 1.82. The zero-order valence-corrected chi connectivity index (χ0v) is 19.2. The van der Waals surface area contributed by atoms with Gasteiger partial charge in [0.15, 0.2) is 22.8 Å². The van der Waals surface area contributed by atoms with E-state index < -0.39 is 11.9 Å². The van der Waals surface area contributed by atoms with Crippen molar-refractivity contribution in [2.45, 2.75) is 0 Å². The topological polar surface area (TPSA) is 120 Å². The van der Waals surface area contributed by atoms with Crippen molar-refractivity contribution in [1.82, 2.24) is 0 Å². The predicted molar refractivity (Wildman–Crippen MR) is 129 cm³/mol. The Hall–Kier alpha value is -4.79. The van der Waals surface area contributed by atoms with Gasteiger partial charge in [0, 0.05) is 17.1 Å². The first-order valence-electron chi connectivity index (χ1n) is 10.5. The lowest BCUT2D eigenvalue weighted by atomic mass is 10.1. The number of rotatable bonds is 7. The highest BCUT2D eigenvalue weighted by molar-refractivity contribution is 6.05. The molecule has 0 aliphatic carbocycles. The maximum atomic E-state index is 13.3. The fourth-order valence-corrected chi connectivity index (χ4v) is 3.44. The van der Waals surface area contributed by atoms with Gasteiger partial charge in [-0.3, -0.25) is 4.79 Å². The van der Waals surface area contributed by atoms with E-state index in [-0.39, 0.29) is 16.7 Å². The number of carbonyl (C=O) groups is 2. The smallest absolute Gasteiger partial charge is 0.335 e. The van der Waals surface area contributed by atoms with Gasteiger partial charge in [0.05, 0.1) is 32.6 Å². The van der Waals surface area contributed by atoms with Crippen LogP contribution in [0.3, 0.4) is 0 Å². The molecule has 0 saturated carbocycles. The molecule has 4 rings (SSSR count). The minimum atomic E-state index is -1.05. The molecule has 0 atom stereocenters. The van der Waals surface area contributed by atoms with E-state index in [2.05, 4.69) is 10.3 Å². The van der Waals surface area contributed by atoms with Gasteiger partial charge < -0.3 is 29.1 Å². The second-order valence-electron chi connectivity index (χ2n) is 7.33. The summed E-state index contributed by atoms with van der Waals surface area (Å²) in [4.78, 5) is 28.9. The van der Waals surface area contributed by atoms with Crippen LogP contribution in [-0.2, 0) is 0 Å². The molecule has 35 heavy (non-hydrogen) atoms. The molecule has 3 aromatic carbocycles. The van der Waals surface area contributed by atoms with Crippen LogP contribution in [0.25, 0.3) is 11.0 Å². The Labute approximate surface area is 200 Å². The van der Waals surface area contributed by atoms with E-state index in [1.807, 2.05) is 0 Å². The molecule has 9 heteroatoms. The number of carbonyl (C=O) groups excluding carboxylic acids is 1. The number of para-hydroxylation sites is 1. The number of aromatic carboxylic acids is 1. The fourth-order valence-electron chi connectivity index (χ4n) is 3.44. The summed E-state index contributed by atoms with van der Waals surface area (Å²) in [5, 5.41) is 12.6. The lowest BCUT2D eigenvalue weighted by Gasteiger charge is -2.11. The first-order chi connectivity index (χ1) is 16.9. The van der Waals surface area contributed by atoms with Gasteiger partial charge in [0.25, 0.3) is 5.91 Å². The van der Waals surface area contributed by atoms with Crippen LogP contribution in [0.4, 0.5) is 11.4 Å². The Kier molecular flexibility index (Phi) is 6.68. The SMILES string of the molecule is COc1ccc(NC(=O)c2cc3cccc(OC)c3oc2=Nc2ccc(C(=O)O)cc2)cc1OC. The number of hydrogen-bond donors (Lipinski definition) is 2. The van der Waals surface area contributed by atoms with E-state index in [4.69, 9.17) is 23.7 Å². The lowest BCUT2D eigenvalue weighted by Crippen LogP contribution is -2.21. The van der Waals surface area contributed by atoms with E-state index in [1.165, 1.54) is 45.6 Å². The Morgan fingerprint density at radius 1 is 0.857 bits per heavy atom. The predicted octanol–water partition coefficient (Wildman–Crippen LogP) is 4.64. The Bertz CT molecular complexity index is 1470. The van der Waals surface area contributed by atoms with Crippen molar-refractivity contribution in [2.75, 3.05) is 26.6 Å². The van der Waals surface area contributed by atoms with Crippen LogP contribution in [-0.4, -0.2) is 38.3 Å². The third-order valence-electron chi connectivity index (χ3n) is 5.19. The molecule has 1 heterocycles. The molecule has 0 saturated heterocycles. The highest BCUT2D eigenvalue weighted by Crippen LogP contribution is 2.30. The first-order valence-corrected chi connectivity index (χ1v) is 10.5. The van der Waals surface area contributed by atoms with E-state index in [1.54, 1.807) is 42.5 Å². The highest BCUT2D eigenvalue weighted by atomic mass is 16.5. The van der Waals surface area contributed by atoms with Crippen LogP contribution >= 0.6 is 0 Å². The molecule has 0 unspecified atom stereocenters. The van der Waals surface area contributed by atoms with Crippen molar-refractivity contribution in [1.29, 1.82) is 0 Å². The monoisotopic (exact) mass is 474 g/mol.